The molecule has 0 saturated carbocycles. The van der Waals surface area contributed by atoms with E-state index in [1.807, 2.05) is 18.7 Å². The third-order valence-corrected chi connectivity index (χ3v) is 4.95. The number of carbonyl (C=O) groups excluding carboxylic acids is 1. The molecule has 2 saturated heterocycles. The Kier molecular flexibility index (Phi) is 6.66. The fraction of sp³-hybridized carbons (Fsp3) is 0.882. The minimum Gasteiger partial charge on any atom is -0.341 e. The highest BCUT2D eigenvalue weighted by atomic mass is 16.2. The van der Waals surface area contributed by atoms with Gasteiger partial charge in [0.25, 0.3) is 0 Å². The van der Waals surface area contributed by atoms with Crippen molar-refractivity contribution in [2.24, 2.45) is 5.92 Å². The van der Waals surface area contributed by atoms with Gasteiger partial charge in [-0.15, -0.1) is 0 Å². The van der Waals surface area contributed by atoms with Gasteiger partial charge in [-0.3, -0.25) is 14.6 Å². The molecule has 22 heavy (non-hydrogen) atoms. The van der Waals surface area contributed by atoms with Crippen LogP contribution in [-0.2, 0) is 4.79 Å². The van der Waals surface area contributed by atoms with Crippen LogP contribution in [-0.4, -0.2) is 72.5 Å². The van der Waals surface area contributed by atoms with Gasteiger partial charge in [0.2, 0.25) is 5.91 Å². The molecule has 0 bridgehead atoms. The van der Waals surface area contributed by atoms with Crippen LogP contribution in [0.2, 0.25) is 0 Å². The van der Waals surface area contributed by atoms with Crippen molar-refractivity contribution in [1.82, 2.24) is 14.7 Å². The quantitative estimate of drug-likeness (QED) is 0.747. The normalized spacial score (nSPS) is 24.9. The molecule has 2 aliphatic rings. The molecule has 0 spiro atoms. The van der Waals surface area contributed by atoms with Crippen molar-refractivity contribution in [3.63, 3.8) is 0 Å². The Bertz CT molecular complexity index is 400. The molecule has 2 aliphatic heterocycles. The van der Waals surface area contributed by atoms with E-state index in [-0.39, 0.29) is 11.8 Å². The van der Waals surface area contributed by atoms with E-state index in [2.05, 4.69) is 15.9 Å². The molecular formula is C17H30N4O. The van der Waals surface area contributed by atoms with Gasteiger partial charge in [-0.25, -0.2) is 0 Å². The molecule has 5 heteroatoms. The molecule has 0 aliphatic carbocycles. The smallest absolute Gasteiger partial charge is 0.236 e. The van der Waals surface area contributed by atoms with Gasteiger partial charge < -0.3 is 4.90 Å². The van der Waals surface area contributed by atoms with Crippen molar-refractivity contribution < 1.29 is 4.79 Å². The molecule has 5 nitrogen and oxygen atoms in total. The first-order valence-electron chi connectivity index (χ1n) is 8.77. The first-order chi connectivity index (χ1) is 10.6. The molecule has 2 unspecified atom stereocenters. The maximum Gasteiger partial charge on any atom is 0.236 e. The van der Waals surface area contributed by atoms with E-state index in [0.29, 0.717) is 25.7 Å². The van der Waals surface area contributed by atoms with E-state index < -0.39 is 0 Å². The number of hydrogen-bond acceptors (Lipinski definition) is 4. The fourth-order valence-corrected chi connectivity index (χ4v) is 3.65. The zero-order valence-corrected chi connectivity index (χ0v) is 14.1. The van der Waals surface area contributed by atoms with Crippen LogP contribution in [0.1, 0.15) is 39.5 Å². The number of amides is 1. The van der Waals surface area contributed by atoms with Crippen molar-refractivity contribution in [2.45, 2.75) is 45.6 Å². The highest BCUT2D eigenvalue weighted by Crippen LogP contribution is 2.20. The SMILES string of the molecule is CCN(CC(C)C#N)C(=O)CN1CCCC(N2CCCC2)C1. The van der Waals surface area contributed by atoms with Crippen molar-refractivity contribution in [3.8, 4) is 6.07 Å². The van der Waals surface area contributed by atoms with Crippen LogP contribution in [0.4, 0.5) is 0 Å². The molecule has 2 heterocycles. The molecule has 2 fully saturated rings. The second-order valence-corrected chi connectivity index (χ2v) is 6.74. The number of likely N-dealkylation sites (N-methyl/N-ethyl adjacent to an activating group) is 1. The van der Waals surface area contributed by atoms with Gasteiger partial charge in [0.1, 0.15) is 0 Å². The summed E-state index contributed by atoms with van der Waals surface area (Å²) in [5.41, 5.74) is 0. The molecule has 2 rings (SSSR count). The first-order valence-corrected chi connectivity index (χ1v) is 8.77. The molecule has 0 aromatic rings. The minimum absolute atomic E-state index is 0.0948. The summed E-state index contributed by atoms with van der Waals surface area (Å²) in [5, 5.41) is 8.93. The summed E-state index contributed by atoms with van der Waals surface area (Å²) in [7, 11) is 0. The van der Waals surface area contributed by atoms with E-state index in [9.17, 15) is 4.79 Å². The lowest BCUT2D eigenvalue weighted by Gasteiger charge is -2.38. The van der Waals surface area contributed by atoms with Gasteiger partial charge in [-0.05, 0) is 59.2 Å². The van der Waals surface area contributed by atoms with Crippen LogP contribution in [0.3, 0.4) is 0 Å². The van der Waals surface area contributed by atoms with Crippen LogP contribution in [0, 0.1) is 17.2 Å². The zero-order valence-electron chi connectivity index (χ0n) is 14.1. The second kappa shape index (κ2) is 8.50. The molecule has 1 amide bonds. The Morgan fingerprint density at radius 2 is 2.05 bits per heavy atom. The zero-order chi connectivity index (χ0) is 15.9. The molecular weight excluding hydrogens is 276 g/mol. The van der Waals surface area contributed by atoms with Crippen LogP contribution in [0.15, 0.2) is 0 Å². The number of nitriles is 1. The molecule has 124 valence electrons. The highest BCUT2D eigenvalue weighted by molar-refractivity contribution is 5.78. The topological polar surface area (TPSA) is 50.6 Å². The summed E-state index contributed by atoms with van der Waals surface area (Å²) in [5.74, 6) is 0.0780. The second-order valence-electron chi connectivity index (χ2n) is 6.74. The highest BCUT2D eigenvalue weighted by Gasteiger charge is 2.28. The van der Waals surface area contributed by atoms with Gasteiger partial charge in [0.15, 0.2) is 0 Å². The van der Waals surface area contributed by atoms with Crippen LogP contribution >= 0.6 is 0 Å². The Hall–Kier alpha value is -1.12. The average Bonchev–Trinajstić information content (AvgIpc) is 3.06. The lowest BCUT2D eigenvalue weighted by molar-refractivity contribution is -0.133. The summed E-state index contributed by atoms with van der Waals surface area (Å²) in [6.45, 7) is 10.1. The Labute approximate surface area is 134 Å². The van der Waals surface area contributed by atoms with Gasteiger partial charge in [-0.2, -0.15) is 5.26 Å². The van der Waals surface area contributed by atoms with Crippen LogP contribution < -0.4 is 0 Å². The van der Waals surface area contributed by atoms with Crippen molar-refractivity contribution in [1.29, 1.82) is 5.26 Å². The number of piperidine rings is 1. The summed E-state index contributed by atoms with van der Waals surface area (Å²) in [4.78, 5) is 19.2. The maximum atomic E-state index is 12.5. The third kappa shape index (κ3) is 4.69. The third-order valence-electron chi connectivity index (χ3n) is 4.95. The van der Waals surface area contributed by atoms with Crippen molar-refractivity contribution in [2.75, 3.05) is 45.8 Å². The molecule has 0 N–H and O–H groups in total. The largest absolute Gasteiger partial charge is 0.341 e. The van der Waals surface area contributed by atoms with E-state index in [1.165, 1.54) is 38.8 Å². The van der Waals surface area contributed by atoms with E-state index in [0.717, 1.165) is 13.1 Å². The Morgan fingerprint density at radius 1 is 1.32 bits per heavy atom. The van der Waals surface area contributed by atoms with Gasteiger partial charge >= 0.3 is 0 Å². The van der Waals surface area contributed by atoms with Gasteiger partial charge in [-0.1, -0.05) is 0 Å². The number of carbonyl (C=O) groups is 1. The molecule has 0 radical (unpaired) electrons. The monoisotopic (exact) mass is 306 g/mol. The van der Waals surface area contributed by atoms with Gasteiger partial charge in [0, 0.05) is 25.7 Å². The Morgan fingerprint density at radius 3 is 2.68 bits per heavy atom. The van der Waals surface area contributed by atoms with Gasteiger partial charge in [0.05, 0.1) is 18.5 Å². The average molecular weight is 306 g/mol. The number of nitrogens with zero attached hydrogens (tertiary/aromatic N) is 4. The number of likely N-dealkylation sites (tertiary alicyclic amines) is 2. The molecule has 0 aromatic heterocycles. The van der Waals surface area contributed by atoms with E-state index >= 15 is 0 Å². The van der Waals surface area contributed by atoms with Crippen LogP contribution in [0.25, 0.3) is 0 Å². The standard InChI is InChI=1S/C17H30N4O/c1-3-20(12-15(2)11-18)17(22)14-19-8-6-7-16(13-19)21-9-4-5-10-21/h15-16H,3-10,12-14H2,1-2H3. The summed E-state index contributed by atoms with van der Waals surface area (Å²) >= 11 is 0. The van der Waals surface area contributed by atoms with Crippen molar-refractivity contribution in [3.05, 3.63) is 0 Å². The summed E-state index contributed by atoms with van der Waals surface area (Å²) < 4.78 is 0. The van der Waals surface area contributed by atoms with Crippen molar-refractivity contribution >= 4 is 5.91 Å². The Balaban J connectivity index is 1.83. The summed E-state index contributed by atoms with van der Waals surface area (Å²) in [6.07, 6.45) is 5.11. The van der Waals surface area contributed by atoms with Crippen LogP contribution in [0.5, 0.6) is 0 Å². The first kappa shape index (κ1) is 17.2. The lowest BCUT2D eigenvalue weighted by atomic mass is 10.0. The number of hydrogen-bond donors (Lipinski definition) is 0. The molecule has 2 atom stereocenters. The minimum atomic E-state index is -0.0948. The summed E-state index contributed by atoms with van der Waals surface area (Å²) in [6, 6.07) is 2.85. The van der Waals surface area contributed by atoms with E-state index in [4.69, 9.17) is 5.26 Å². The maximum absolute atomic E-state index is 12.5. The predicted octanol–water partition coefficient (Wildman–Crippen LogP) is 1.55. The predicted molar refractivity (Wildman–Crippen MR) is 87.3 cm³/mol. The van der Waals surface area contributed by atoms with E-state index in [1.54, 1.807) is 0 Å². The molecule has 0 aromatic carbocycles. The number of rotatable bonds is 6. The lowest BCUT2D eigenvalue weighted by Crippen LogP contribution is -2.50. The fourth-order valence-electron chi connectivity index (χ4n) is 3.65.